The van der Waals surface area contributed by atoms with Crippen LogP contribution in [0.15, 0.2) is 48.5 Å². The van der Waals surface area contributed by atoms with Crippen molar-refractivity contribution in [2.45, 2.75) is 42.4 Å². The summed E-state index contributed by atoms with van der Waals surface area (Å²) in [5, 5.41) is 51.8. The van der Waals surface area contributed by atoms with Crippen molar-refractivity contribution >= 4 is 12.1 Å². The van der Waals surface area contributed by atoms with Gasteiger partial charge in [0.2, 0.25) is 0 Å². The minimum Gasteiger partial charge on any atom is -0.481 e. The molecule has 1 aliphatic carbocycles. The van der Waals surface area contributed by atoms with Gasteiger partial charge in [-0.25, -0.2) is 4.79 Å². The van der Waals surface area contributed by atoms with Gasteiger partial charge in [0.05, 0.1) is 19.6 Å². The quantitative estimate of drug-likeness (QED) is 0.330. The third kappa shape index (κ3) is 4.38. The second kappa shape index (κ2) is 9.69. The van der Waals surface area contributed by atoms with Crippen LogP contribution in [-0.4, -0.2) is 87.4 Å². The average molecular weight is 473 g/mol. The van der Waals surface area contributed by atoms with E-state index in [1.54, 1.807) is 0 Å². The number of rotatable bonds is 7. The van der Waals surface area contributed by atoms with Crippen LogP contribution in [0.25, 0.3) is 11.1 Å². The molecule has 5 atom stereocenters. The molecule has 0 unspecified atom stereocenters. The zero-order chi connectivity index (χ0) is 24.5. The van der Waals surface area contributed by atoms with E-state index in [0.717, 1.165) is 22.3 Å². The van der Waals surface area contributed by atoms with E-state index in [2.05, 4.69) is 5.32 Å². The van der Waals surface area contributed by atoms with Gasteiger partial charge < -0.3 is 40.3 Å². The third-order valence-electron chi connectivity index (χ3n) is 6.49. The lowest BCUT2D eigenvalue weighted by atomic mass is 9.82. The van der Waals surface area contributed by atoms with Gasteiger partial charge in [0.1, 0.15) is 36.6 Å². The fourth-order valence-electron chi connectivity index (χ4n) is 4.79. The molecule has 1 amide bonds. The summed E-state index contributed by atoms with van der Waals surface area (Å²) in [6, 6.07) is 15.6. The normalized spacial score (nSPS) is 28.1. The highest BCUT2D eigenvalue weighted by molar-refractivity contribution is 5.79. The van der Waals surface area contributed by atoms with Crippen molar-refractivity contribution in [3.05, 3.63) is 59.7 Å². The molecule has 10 heteroatoms. The summed E-state index contributed by atoms with van der Waals surface area (Å²) in [4.78, 5) is 24.0. The Hall–Kier alpha value is -3.02. The molecular formula is C24H27NO9. The molecule has 1 aliphatic heterocycles. The predicted molar refractivity (Wildman–Crippen MR) is 118 cm³/mol. The van der Waals surface area contributed by atoms with E-state index in [-0.39, 0.29) is 12.5 Å². The van der Waals surface area contributed by atoms with Crippen LogP contribution in [0.1, 0.15) is 23.5 Å². The van der Waals surface area contributed by atoms with Crippen molar-refractivity contribution in [3.63, 3.8) is 0 Å². The number of carboxylic acids is 1. The molecule has 34 heavy (non-hydrogen) atoms. The number of hydrogen-bond donors (Lipinski definition) is 6. The maximum absolute atomic E-state index is 12.5. The SMILES string of the molecule is O=C(O)C[C@]1(CNC(=O)OCC2c3ccccc3-c3ccccc32)O[C@H](CO)[C@H](O)[C@H](O)[C@H]1O. The number of fused-ring (bicyclic) bond motifs is 3. The second-order valence-corrected chi connectivity index (χ2v) is 8.58. The number of aliphatic hydroxyl groups excluding tert-OH is 4. The summed E-state index contributed by atoms with van der Waals surface area (Å²) < 4.78 is 10.9. The van der Waals surface area contributed by atoms with E-state index in [1.807, 2.05) is 48.5 Å². The molecule has 2 aromatic carbocycles. The van der Waals surface area contributed by atoms with Crippen molar-refractivity contribution in [2.75, 3.05) is 19.8 Å². The van der Waals surface area contributed by atoms with E-state index in [1.165, 1.54) is 0 Å². The second-order valence-electron chi connectivity index (χ2n) is 8.58. The van der Waals surface area contributed by atoms with Crippen LogP contribution in [0.2, 0.25) is 0 Å². The molecule has 0 saturated carbocycles. The van der Waals surface area contributed by atoms with Crippen molar-refractivity contribution in [3.8, 4) is 11.1 Å². The lowest BCUT2D eigenvalue weighted by Crippen LogP contribution is -2.68. The Bertz CT molecular complexity index is 1010. The number of carbonyl (C=O) groups is 2. The molecular weight excluding hydrogens is 446 g/mol. The van der Waals surface area contributed by atoms with Gasteiger partial charge in [-0.3, -0.25) is 4.79 Å². The maximum Gasteiger partial charge on any atom is 0.407 e. The molecule has 4 rings (SSSR count). The van der Waals surface area contributed by atoms with Crippen LogP contribution in [0.5, 0.6) is 0 Å². The smallest absolute Gasteiger partial charge is 0.407 e. The molecule has 1 heterocycles. The van der Waals surface area contributed by atoms with E-state index in [0.29, 0.717) is 0 Å². The molecule has 0 aromatic heterocycles. The average Bonchev–Trinajstić information content (AvgIpc) is 3.15. The number of carbonyl (C=O) groups excluding carboxylic acids is 1. The molecule has 0 radical (unpaired) electrons. The van der Waals surface area contributed by atoms with Crippen LogP contribution < -0.4 is 5.32 Å². The number of hydrogen-bond acceptors (Lipinski definition) is 8. The number of ether oxygens (including phenoxy) is 2. The highest BCUT2D eigenvalue weighted by atomic mass is 16.6. The fraction of sp³-hybridized carbons (Fsp3) is 0.417. The highest BCUT2D eigenvalue weighted by Gasteiger charge is 2.54. The van der Waals surface area contributed by atoms with E-state index in [4.69, 9.17) is 9.47 Å². The van der Waals surface area contributed by atoms with Gasteiger partial charge in [0, 0.05) is 5.92 Å². The number of aliphatic hydroxyl groups is 4. The Morgan fingerprint density at radius 3 is 2.12 bits per heavy atom. The summed E-state index contributed by atoms with van der Waals surface area (Å²) >= 11 is 0. The number of alkyl carbamates (subject to hydrolysis) is 1. The zero-order valence-corrected chi connectivity index (χ0v) is 18.2. The summed E-state index contributed by atoms with van der Waals surface area (Å²) in [6.07, 6.45) is -8.26. The van der Waals surface area contributed by atoms with Gasteiger partial charge in [-0.05, 0) is 22.3 Å². The first kappa shape index (κ1) is 24.1. The van der Waals surface area contributed by atoms with E-state index in [9.17, 15) is 35.1 Å². The van der Waals surface area contributed by atoms with Gasteiger partial charge in [-0.15, -0.1) is 0 Å². The molecule has 1 saturated heterocycles. The van der Waals surface area contributed by atoms with Crippen molar-refractivity contribution < 1.29 is 44.6 Å². The topological polar surface area (TPSA) is 166 Å². The molecule has 0 bridgehead atoms. The number of aliphatic carboxylic acids is 1. The first-order valence-electron chi connectivity index (χ1n) is 10.9. The van der Waals surface area contributed by atoms with Crippen molar-refractivity contribution in [2.24, 2.45) is 0 Å². The number of nitrogens with one attached hydrogen (secondary N) is 1. The highest BCUT2D eigenvalue weighted by Crippen LogP contribution is 2.44. The Labute approximate surface area is 195 Å². The molecule has 6 N–H and O–H groups in total. The van der Waals surface area contributed by atoms with Crippen LogP contribution in [0, 0.1) is 0 Å². The van der Waals surface area contributed by atoms with Crippen molar-refractivity contribution in [1.82, 2.24) is 5.32 Å². The third-order valence-corrected chi connectivity index (χ3v) is 6.49. The minimum atomic E-state index is -1.98. The molecule has 1 fully saturated rings. The van der Waals surface area contributed by atoms with Gasteiger partial charge in [0.15, 0.2) is 0 Å². The Morgan fingerprint density at radius 2 is 1.56 bits per heavy atom. The largest absolute Gasteiger partial charge is 0.481 e. The number of carboxylic acid groups (broad SMARTS) is 1. The first-order chi connectivity index (χ1) is 16.3. The lowest BCUT2D eigenvalue weighted by molar-refractivity contribution is -0.273. The molecule has 10 nitrogen and oxygen atoms in total. The predicted octanol–water partition coefficient (Wildman–Crippen LogP) is 0.212. The van der Waals surface area contributed by atoms with Gasteiger partial charge >= 0.3 is 12.1 Å². The Kier molecular flexibility index (Phi) is 6.87. The number of benzene rings is 2. The molecule has 182 valence electrons. The first-order valence-corrected chi connectivity index (χ1v) is 10.9. The maximum atomic E-state index is 12.5. The van der Waals surface area contributed by atoms with Gasteiger partial charge in [-0.1, -0.05) is 48.5 Å². The number of amides is 1. The van der Waals surface area contributed by atoms with E-state index >= 15 is 0 Å². The standard InChI is InChI=1S/C24H27NO9/c26-10-18-20(29)21(30)22(31)24(34-18,9-19(27)28)12-25-23(32)33-11-17-15-7-3-1-5-13(15)14-6-2-4-8-16(14)17/h1-8,17-18,20-22,26,29-31H,9-12H2,(H,25,32)(H,27,28)/t18-,20+,21+,22-,24-/m1/s1. The molecule has 2 aromatic rings. The van der Waals surface area contributed by atoms with E-state index < -0.39 is 61.7 Å². The Morgan fingerprint density at radius 1 is 0.971 bits per heavy atom. The van der Waals surface area contributed by atoms with Crippen LogP contribution >= 0.6 is 0 Å². The summed E-state index contributed by atoms with van der Waals surface area (Å²) in [5.74, 6) is -1.55. The van der Waals surface area contributed by atoms with Gasteiger partial charge in [-0.2, -0.15) is 0 Å². The molecule has 0 spiro atoms. The van der Waals surface area contributed by atoms with Crippen LogP contribution in [-0.2, 0) is 14.3 Å². The molecule has 2 aliphatic rings. The van der Waals surface area contributed by atoms with Crippen LogP contribution in [0.3, 0.4) is 0 Å². The summed E-state index contributed by atoms with van der Waals surface area (Å²) in [7, 11) is 0. The minimum absolute atomic E-state index is 0.0236. The zero-order valence-electron chi connectivity index (χ0n) is 18.2. The lowest BCUT2D eigenvalue weighted by Gasteiger charge is -2.48. The van der Waals surface area contributed by atoms with Gasteiger partial charge in [0.25, 0.3) is 0 Å². The van der Waals surface area contributed by atoms with Crippen molar-refractivity contribution in [1.29, 1.82) is 0 Å². The summed E-state index contributed by atoms with van der Waals surface area (Å²) in [5.41, 5.74) is 2.19. The van der Waals surface area contributed by atoms with Crippen LogP contribution in [0.4, 0.5) is 4.79 Å². The monoisotopic (exact) mass is 473 g/mol. The Balaban J connectivity index is 1.45. The fourth-order valence-corrected chi connectivity index (χ4v) is 4.79. The summed E-state index contributed by atoms with van der Waals surface area (Å²) in [6.45, 7) is -1.23.